The zero-order valence-corrected chi connectivity index (χ0v) is 23.3. The van der Waals surface area contributed by atoms with Crippen LogP contribution in [0.25, 0.3) is 0 Å². The van der Waals surface area contributed by atoms with E-state index in [1.807, 2.05) is 36.4 Å². The van der Waals surface area contributed by atoms with Gasteiger partial charge in [0.25, 0.3) is 10.0 Å². The van der Waals surface area contributed by atoms with Gasteiger partial charge in [0, 0.05) is 6.42 Å². The van der Waals surface area contributed by atoms with E-state index in [-0.39, 0.29) is 24.2 Å². The molecule has 38 heavy (non-hydrogen) atoms. The highest BCUT2D eigenvalue weighted by Crippen LogP contribution is 2.22. The Morgan fingerprint density at radius 3 is 2.32 bits per heavy atom. The second-order valence-corrected chi connectivity index (χ2v) is 11.6. The number of hydroxylamine groups is 1. The van der Waals surface area contributed by atoms with Crippen LogP contribution in [0, 0.1) is 11.3 Å². The van der Waals surface area contributed by atoms with Crippen molar-refractivity contribution in [3.63, 3.8) is 0 Å². The van der Waals surface area contributed by atoms with E-state index in [2.05, 4.69) is 5.32 Å². The molecule has 0 aromatic heterocycles. The van der Waals surface area contributed by atoms with Crippen LogP contribution in [0.4, 0.5) is 4.79 Å². The number of hydrogen-bond acceptors (Lipinski definition) is 8. The highest BCUT2D eigenvalue weighted by Gasteiger charge is 2.33. The van der Waals surface area contributed by atoms with Gasteiger partial charge >= 0.3 is 6.09 Å². The van der Waals surface area contributed by atoms with Crippen molar-refractivity contribution in [3.05, 3.63) is 60.2 Å². The normalized spacial score (nSPS) is 14.3. The van der Waals surface area contributed by atoms with Gasteiger partial charge in [-0.15, -0.1) is 0 Å². The van der Waals surface area contributed by atoms with Crippen molar-refractivity contribution >= 4 is 16.1 Å². The molecule has 0 aliphatic rings. The van der Waals surface area contributed by atoms with E-state index in [1.54, 1.807) is 27.7 Å². The van der Waals surface area contributed by atoms with E-state index >= 15 is 0 Å². The summed E-state index contributed by atoms with van der Waals surface area (Å²) in [7, 11) is -2.77. The Labute approximate surface area is 225 Å². The molecule has 11 heteroatoms. The molecule has 0 fully saturated rings. The monoisotopic (exact) mass is 547 g/mol. The molecule has 0 bridgehead atoms. The van der Waals surface area contributed by atoms with Gasteiger partial charge in [0.2, 0.25) is 0 Å². The zero-order valence-electron chi connectivity index (χ0n) is 22.5. The Balaban J connectivity index is 2.36. The van der Waals surface area contributed by atoms with E-state index < -0.39 is 46.5 Å². The summed E-state index contributed by atoms with van der Waals surface area (Å²) < 4.78 is 38.3. The number of alkyl carbamates (subject to hydrolysis) is 1. The van der Waals surface area contributed by atoms with E-state index in [9.17, 15) is 18.3 Å². The van der Waals surface area contributed by atoms with Gasteiger partial charge in [0.15, 0.2) is 0 Å². The minimum Gasteiger partial charge on any atom is -0.497 e. The van der Waals surface area contributed by atoms with Gasteiger partial charge in [0.05, 0.1) is 42.9 Å². The maximum Gasteiger partial charge on any atom is 0.407 e. The molecule has 0 saturated heterocycles. The third-order valence-corrected chi connectivity index (χ3v) is 7.03. The van der Waals surface area contributed by atoms with Crippen LogP contribution >= 0.6 is 0 Å². The van der Waals surface area contributed by atoms with E-state index in [1.165, 1.54) is 31.4 Å². The van der Waals surface area contributed by atoms with Crippen LogP contribution in [0.5, 0.6) is 5.75 Å². The van der Waals surface area contributed by atoms with Crippen LogP contribution in [0.2, 0.25) is 0 Å². The molecule has 2 aromatic rings. The van der Waals surface area contributed by atoms with Crippen molar-refractivity contribution < 1.29 is 32.6 Å². The Morgan fingerprint density at radius 1 is 1.13 bits per heavy atom. The average molecular weight is 548 g/mol. The number of amides is 1. The fraction of sp³-hybridized carbons (Fsp3) is 0.481. The van der Waals surface area contributed by atoms with Gasteiger partial charge in [-0.2, -0.15) is 5.26 Å². The molecule has 3 atom stereocenters. The number of ether oxygens (including phenoxy) is 2. The molecule has 2 aromatic carbocycles. The van der Waals surface area contributed by atoms with Crippen molar-refractivity contribution in [2.24, 2.45) is 0 Å². The van der Waals surface area contributed by atoms with Gasteiger partial charge in [0.1, 0.15) is 11.4 Å². The minimum atomic E-state index is -4.24. The number of nitriles is 1. The fourth-order valence-electron chi connectivity index (χ4n) is 3.47. The smallest absolute Gasteiger partial charge is 0.407 e. The molecule has 0 saturated carbocycles. The van der Waals surface area contributed by atoms with E-state index in [4.69, 9.17) is 19.6 Å². The first kappa shape index (κ1) is 31.1. The summed E-state index contributed by atoms with van der Waals surface area (Å²) in [6.45, 7) is 6.30. The van der Waals surface area contributed by atoms with Crippen molar-refractivity contribution in [1.29, 1.82) is 5.26 Å². The lowest BCUT2D eigenvalue weighted by Crippen LogP contribution is -2.51. The summed E-state index contributed by atoms with van der Waals surface area (Å²) in [4.78, 5) is 18.2. The molecule has 1 amide bonds. The largest absolute Gasteiger partial charge is 0.497 e. The zero-order chi connectivity index (χ0) is 28.3. The quantitative estimate of drug-likeness (QED) is 0.361. The number of hydrogen-bond donors (Lipinski definition) is 2. The van der Waals surface area contributed by atoms with Crippen LogP contribution in [0.1, 0.15) is 46.1 Å². The number of carbonyl (C=O) groups is 1. The standard InChI is InChI=1S/C27H37N3O7S/c1-20(10-9-17-28)37-30(38(33,34)23-15-13-22(35-5)14-16-23)19-25(31)24(18-21-11-7-6-8-12-21)29-26(32)36-27(2,3)4/h6-8,11-16,20,24-25,31H,9-10,18-19H2,1-5H3,(H,29,32). The highest BCUT2D eigenvalue weighted by molar-refractivity contribution is 7.89. The molecule has 208 valence electrons. The molecule has 0 heterocycles. The van der Waals surface area contributed by atoms with Crippen molar-refractivity contribution in [3.8, 4) is 11.8 Å². The van der Waals surface area contributed by atoms with Crippen LogP contribution in [-0.4, -0.2) is 61.6 Å². The second kappa shape index (κ2) is 14.1. The molecule has 3 unspecified atom stereocenters. The summed E-state index contributed by atoms with van der Waals surface area (Å²) in [6.07, 6.45) is -2.10. The molecule has 0 aliphatic carbocycles. The van der Waals surface area contributed by atoms with Gasteiger partial charge < -0.3 is 19.9 Å². The summed E-state index contributed by atoms with van der Waals surface area (Å²) in [5.74, 6) is 0.475. The minimum absolute atomic E-state index is 0.0716. The Morgan fingerprint density at radius 2 is 1.76 bits per heavy atom. The lowest BCUT2D eigenvalue weighted by atomic mass is 10.0. The molecular weight excluding hydrogens is 510 g/mol. The lowest BCUT2D eigenvalue weighted by molar-refractivity contribution is -0.143. The predicted octanol–water partition coefficient (Wildman–Crippen LogP) is 3.81. The Kier molecular flexibility index (Phi) is 11.5. The number of benzene rings is 2. The van der Waals surface area contributed by atoms with Crippen LogP contribution in [0.3, 0.4) is 0 Å². The second-order valence-electron chi connectivity index (χ2n) is 9.79. The topological polar surface area (TPSA) is 138 Å². The Bertz CT molecular complexity index is 1160. The van der Waals surface area contributed by atoms with Crippen molar-refractivity contribution in [2.75, 3.05) is 13.7 Å². The first-order valence-electron chi connectivity index (χ1n) is 12.3. The third kappa shape index (κ3) is 9.95. The first-order valence-corrected chi connectivity index (χ1v) is 13.7. The van der Waals surface area contributed by atoms with Crippen molar-refractivity contribution in [1.82, 2.24) is 9.79 Å². The maximum atomic E-state index is 13.5. The highest BCUT2D eigenvalue weighted by atomic mass is 32.2. The maximum absolute atomic E-state index is 13.5. The molecule has 2 rings (SSSR count). The summed E-state index contributed by atoms with van der Waals surface area (Å²) in [6, 6.07) is 16.0. The van der Waals surface area contributed by atoms with Gasteiger partial charge in [-0.1, -0.05) is 34.8 Å². The van der Waals surface area contributed by atoms with Crippen LogP contribution in [0.15, 0.2) is 59.5 Å². The number of sulfonamides is 1. The SMILES string of the molecule is COc1ccc(S(=O)(=O)N(CC(O)C(Cc2ccccc2)NC(=O)OC(C)(C)C)OC(C)CCC#N)cc1. The molecule has 10 nitrogen and oxygen atoms in total. The number of carbonyl (C=O) groups excluding carboxylic acids is 1. The lowest BCUT2D eigenvalue weighted by Gasteiger charge is -2.31. The van der Waals surface area contributed by atoms with Gasteiger partial charge in [-0.3, -0.25) is 4.84 Å². The molecule has 2 N–H and O–H groups in total. The van der Waals surface area contributed by atoms with Crippen molar-refractivity contribution in [2.45, 2.75) is 75.7 Å². The first-order chi connectivity index (χ1) is 17.9. The average Bonchev–Trinajstić information content (AvgIpc) is 2.86. The predicted molar refractivity (Wildman–Crippen MR) is 142 cm³/mol. The molecular formula is C27H37N3O7S. The Hall–Kier alpha value is -3.17. The molecule has 0 aliphatic heterocycles. The van der Waals surface area contributed by atoms with Crippen LogP contribution in [-0.2, 0) is 26.0 Å². The van der Waals surface area contributed by atoms with Gasteiger partial charge in [-0.25, -0.2) is 13.2 Å². The van der Waals surface area contributed by atoms with Crippen LogP contribution < -0.4 is 10.1 Å². The molecule has 0 radical (unpaired) electrons. The number of aliphatic hydroxyl groups is 1. The number of nitrogens with zero attached hydrogens (tertiary/aromatic N) is 2. The molecule has 0 spiro atoms. The van der Waals surface area contributed by atoms with E-state index in [0.717, 1.165) is 10.0 Å². The number of methoxy groups -OCH3 is 1. The summed E-state index contributed by atoms with van der Waals surface area (Å²) in [5.41, 5.74) is 0.0514. The van der Waals surface area contributed by atoms with E-state index in [0.29, 0.717) is 5.75 Å². The fourth-order valence-corrected chi connectivity index (χ4v) is 4.80. The summed E-state index contributed by atoms with van der Waals surface area (Å²) >= 11 is 0. The number of rotatable bonds is 13. The third-order valence-electron chi connectivity index (χ3n) is 5.39. The summed E-state index contributed by atoms with van der Waals surface area (Å²) in [5, 5.41) is 22.8. The van der Waals surface area contributed by atoms with Gasteiger partial charge in [-0.05, 0) is 70.4 Å². The number of aliphatic hydroxyl groups excluding tert-OH is 1. The number of nitrogens with one attached hydrogen (secondary N) is 1.